The second-order valence-electron chi connectivity index (χ2n) is 5.62. The van der Waals surface area contributed by atoms with Crippen molar-refractivity contribution in [1.82, 2.24) is 4.57 Å². The smallest absolute Gasteiger partial charge is 0.118 e. The largest absolute Gasteiger partial charge is 0.497 e. The summed E-state index contributed by atoms with van der Waals surface area (Å²) in [5, 5.41) is 0. The predicted molar refractivity (Wildman–Crippen MR) is 81.1 cm³/mol. The molecular formula is C17H22N2O. The number of nitrogens with two attached hydrogens (primary N) is 1. The Morgan fingerprint density at radius 1 is 1.30 bits per heavy atom. The molecule has 2 aromatic rings. The minimum Gasteiger partial charge on any atom is -0.497 e. The molecule has 0 spiro atoms. The summed E-state index contributed by atoms with van der Waals surface area (Å²) in [4.78, 5) is 0. The Labute approximate surface area is 120 Å². The number of hydrogen-bond acceptors (Lipinski definition) is 2. The Kier molecular flexibility index (Phi) is 3.53. The van der Waals surface area contributed by atoms with Gasteiger partial charge in [-0.3, -0.25) is 0 Å². The van der Waals surface area contributed by atoms with E-state index in [9.17, 15) is 0 Å². The maximum Gasteiger partial charge on any atom is 0.118 e. The topological polar surface area (TPSA) is 40.2 Å². The Bertz CT molecular complexity index is 598. The van der Waals surface area contributed by atoms with E-state index in [1.807, 2.05) is 12.1 Å². The first kappa shape index (κ1) is 13.3. The average Bonchev–Trinajstić information content (AvgIpc) is 2.78. The van der Waals surface area contributed by atoms with Crippen LogP contribution in [0.25, 0.3) is 0 Å². The first-order valence-corrected chi connectivity index (χ1v) is 7.26. The van der Waals surface area contributed by atoms with Crippen LogP contribution in [0.5, 0.6) is 5.75 Å². The number of rotatable bonds is 3. The third kappa shape index (κ3) is 2.34. The van der Waals surface area contributed by atoms with Crippen molar-refractivity contribution in [3.63, 3.8) is 0 Å². The lowest BCUT2D eigenvalue weighted by atomic mass is 9.93. The number of ether oxygens (including phenoxy) is 1. The summed E-state index contributed by atoms with van der Waals surface area (Å²) >= 11 is 0. The number of methoxy groups -OCH3 is 1. The third-order valence-electron chi connectivity index (χ3n) is 4.28. The van der Waals surface area contributed by atoms with Crippen LogP contribution in [0.4, 0.5) is 0 Å². The van der Waals surface area contributed by atoms with Gasteiger partial charge >= 0.3 is 0 Å². The van der Waals surface area contributed by atoms with Gasteiger partial charge in [0.2, 0.25) is 0 Å². The average molecular weight is 270 g/mol. The standard InChI is InChI=1S/C17H22N2O/c1-12-10-15-16(18)4-3-5-17(15)19(12)11-13-6-8-14(20-2)9-7-13/h6-10,16H,3-5,11,18H2,1-2H3. The van der Waals surface area contributed by atoms with Gasteiger partial charge in [0, 0.05) is 24.0 Å². The molecule has 0 saturated heterocycles. The highest BCUT2D eigenvalue weighted by Gasteiger charge is 2.21. The van der Waals surface area contributed by atoms with Gasteiger partial charge in [-0.05, 0) is 55.5 Å². The van der Waals surface area contributed by atoms with Crippen LogP contribution in [0.1, 0.15) is 41.4 Å². The number of nitrogens with zero attached hydrogens (tertiary/aromatic N) is 1. The highest BCUT2D eigenvalue weighted by molar-refractivity contribution is 5.34. The fourth-order valence-corrected chi connectivity index (χ4v) is 3.13. The molecule has 3 nitrogen and oxygen atoms in total. The first-order chi connectivity index (χ1) is 9.69. The number of fused-ring (bicyclic) bond motifs is 1. The minimum absolute atomic E-state index is 0.217. The highest BCUT2D eigenvalue weighted by Crippen LogP contribution is 2.31. The monoisotopic (exact) mass is 270 g/mol. The molecule has 1 aromatic heterocycles. The molecule has 1 aromatic carbocycles. The van der Waals surface area contributed by atoms with Gasteiger partial charge in [0.1, 0.15) is 5.75 Å². The van der Waals surface area contributed by atoms with E-state index in [0.29, 0.717) is 0 Å². The Morgan fingerprint density at radius 2 is 2.05 bits per heavy atom. The van der Waals surface area contributed by atoms with Crippen LogP contribution in [0, 0.1) is 6.92 Å². The molecule has 20 heavy (non-hydrogen) atoms. The van der Waals surface area contributed by atoms with Gasteiger partial charge < -0.3 is 15.0 Å². The van der Waals surface area contributed by atoms with Crippen molar-refractivity contribution in [1.29, 1.82) is 0 Å². The Morgan fingerprint density at radius 3 is 2.75 bits per heavy atom. The molecule has 1 unspecified atom stereocenters. The summed E-state index contributed by atoms with van der Waals surface area (Å²) in [7, 11) is 1.70. The molecule has 2 N–H and O–H groups in total. The molecule has 1 atom stereocenters. The maximum absolute atomic E-state index is 6.23. The van der Waals surface area contributed by atoms with E-state index >= 15 is 0 Å². The zero-order chi connectivity index (χ0) is 14.1. The molecule has 106 valence electrons. The van der Waals surface area contributed by atoms with Gasteiger partial charge in [-0.25, -0.2) is 0 Å². The van der Waals surface area contributed by atoms with Crippen molar-refractivity contribution < 1.29 is 4.74 Å². The van der Waals surface area contributed by atoms with Gasteiger partial charge in [0.25, 0.3) is 0 Å². The maximum atomic E-state index is 6.23. The molecule has 0 saturated carbocycles. The summed E-state index contributed by atoms with van der Waals surface area (Å²) in [6, 6.07) is 10.8. The summed E-state index contributed by atoms with van der Waals surface area (Å²) in [6.07, 6.45) is 3.45. The molecule has 1 aliphatic carbocycles. The summed E-state index contributed by atoms with van der Waals surface area (Å²) in [5.74, 6) is 0.905. The second kappa shape index (κ2) is 5.33. The van der Waals surface area contributed by atoms with Crippen LogP contribution in [-0.4, -0.2) is 11.7 Å². The van der Waals surface area contributed by atoms with Crippen molar-refractivity contribution in [3.8, 4) is 5.75 Å². The normalized spacial score (nSPS) is 17.9. The van der Waals surface area contributed by atoms with E-state index in [1.165, 1.54) is 28.9 Å². The molecule has 1 aliphatic rings. The second-order valence-corrected chi connectivity index (χ2v) is 5.62. The SMILES string of the molecule is COc1ccc(Cn2c(C)cc3c2CCCC3N)cc1. The summed E-state index contributed by atoms with van der Waals surface area (Å²) < 4.78 is 7.62. The summed E-state index contributed by atoms with van der Waals surface area (Å²) in [6.45, 7) is 3.09. The first-order valence-electron chi connectivity index (χ1n) is 7.26. The molecular weight excluding hydrogens is 248 g/mol. The van der Waals surface area contributed by atoms with Gasteiger partial charge in [0.05, 0.1) is 7.11 Å². The highest BCUT2D eigenvalue weighted by atomic mass is 16.5. The predicted octanol–water partition coefficient (Wildman–Crippen LogP) is 3.19. The number of hydrogen-bond donors (Lipinski definition) is 1. The van der Waals surface area contributed by atoms with E-state index in [1.54, 1.807) is 7.11 Å². The molecule has 0 bridgehead atoms. The van der Waals surface area contributed by atoms with Crippen molar-refractivity contribution in [2.45, 2.75) is 38.8 Å². The van der Waals surface area contributed by atoms with Crippen molar-refractivity contribution in [2.75, 3.05) is 7.11 Å². The lowest BCUT2D eigenvalue weighted by Gasteiger charge is -2.21. The van der Waals surface area contributed by atoms with Crippen LogP contribution in [0.2, 0.25) is 0 Å². The van der Waals surface area contributed by atoms with Crippen LogP contribution in [0.15, 0.2) is 30.3 Å². The molecule has 1 heterocycles. The lowest BCUT2D eigenvalue weighted by molar-refractivity contribution is 0.414. The quantitative estimate of drug-likeness (QED) is 0.930. The van der Waals surface area contributed by atoms with Gasteiger partial charge in [-0.1, -0.05) is 12.1 Å². The van der Waals surface area contributed by atoms with E-state index < -0.39 is 0 Å². The van der Waals surface area contributed by atoms with E-state index in [-0.39, 0.29) is 6.04 Å². The fraction of sp³-hybridized carbons (Fsp3) is 0.412. The van der Waals surface area contributed by atoms with Gasteiger partial charge in [0.15, 0.2) is 0 Å². The van der Waals surface area contributed by atoms with E-state index in [2.05, 4.69) is 29.7 Å². The Hall–Kier alpha value is -1.74. The lowest BCUT2D eigenvalue weighted by Crippen LogP contribution is -2.18. The van der Waals surface area contributed by atoms with Crippen LogP contribution < -0.4 is 10.5 Å². The zero-order valence-corrected chi connectivity index (χ0v) is 12.2. The van der Waals surface area contributed by atoms with E-state index in [4.69, 9.17) is 10.5 Å². The zero-order valence-electron chi connectivity index (χ0n) is 12.2. The molecule has 0 aliphatic heterocycles. The summed E-state index contributed by atoms with van der Waals surface area (Å²) in [5.41, 5.74) is 11.6. The van der Waals surface area contributed by atoms with E-state index in [0.717, 1.165) is 25.1 Å². The van der Waals surface area contributed by atoms with Crippen molar-refractivity contribution in [2.24, 2.45) is 5.73 Å². The van der Waals surface area contributed by atoms with Crippen LogP contribution >= 0.6 is 0 Å². The number of aryl methyl sites for hydroxylation is 1. The molecule has 0 amide bonds. The van der Waals surface area contributed by atoms with Crippen LogP contribution in [0.3, 0.4) is 0 Å². The van der Waals surface area contributed by atoms with Gasteiger partial charge in [-0.2, -0.15) is 0 Å². The molecule has 3 rings (SSSR count). The molecule has 0 fully saturated rings. The third-order valence-corrected chi connectivity index (χ3v) is 4.28. The van der Waals surface area contributed by atoms with Crippen LogP contribution in [-0.2, 0) is 13.0 Å². The van der Waals surface area contributed by atoms with Crippen molar-refractivity contribution >= 4 is 0 Å². The van der Waals surface area contributed by atoms with Crippen molar-refractivity contribution in [3.05, 3.63) is 52.8 Å². The fourth-order valence-electron chi connectivity index (χ4n) is 3.13. The number of benzene rings is 1. The Balaban J connectivity index is 1.90. The molecule has 0 radical (unpaired) electrons. The van der Waals surface area contributed by atoms with Gasteiger partial charge in [-0.15, -0.1) is 0 Å². The minimum atomic E-state index is 0.217. The molecule has 3 heteroatoms. The number of aromatic nitrogens is 1.